The van der Waals surface area contributed by atoms with E-state index < -0.39 is 23.6 Å². The van der Waals surface area contributed by atoms with Crippen LogP contribution in [0.1, 0.15) is 37.8 Å². The van der Waals surface area contributed by atoms with Crippen molar-refractivity contribution in [2.45, 2.75) is 32.3 Å². The van der Waals surface area contributed by atoms with Gasteiger partial charge in [-0.2, -0.15) is 0 Å². The number of carboxylic acid groups (broad SMARTS) is 1. The van der Waals surface area contributed by atoms with E-state index >= 15 is 0 Å². The molecule has 0 aromatic heterocycles. The molecule has 2 N–H and O–H groups in total. The summed E-state index contributed by atoms with van der Waals surface area (Å²) in [5, 5.41) is 12.3. The summed E-state index contributed by atoms with van der Waals surface area (Å²) in [7, 11) is 0. The number of carbonyl (C=O) groups is 2. The summed E-state index contributed by atoms with van der Waals surface area (Å²) < 4.78 is 27.2. The zero-order valence-corrected chi connectivity index (χ0v) is 21.2. The van der Waals surface area contributed by atoms with Crippen molar-refractivity contribution in [1.82, 2.24) is 5.32 Å². The third kappa shape index (κ3) is 12.0. The van der Waals surface area contributed by atoms with Crippen molar-refractivity contribution in [3.8, 4) is 5.75 Å². The molecule has 0 radical (unpaired) electrons. The van der Waals surface area contributed by atoms with Crippen LogP contribution in [0.4, 0.5) is 4.79 Å². The van der Waals surface area contributed by atoms with Gasteiger partial charge in [-0.1, -0.05) is 42.5 Å². The lowest BCUT2D eigenvalue weighted by Crippen LogP contribution is -2.34. The molecule has 0 heterocycles. The maximum Gasteiger partial charge on any atom is 0.407 e. The van der Waals surface area contributed by atoms with Crippen LogP contribution in [0.15, 0.2) is 54.6 Å². The van der Waals surface area contributed by atoms with Crippen molar-refractivity contribution >= 4 is 12.1 Å². The smallest absolute Gasteiger partial charge is 0.407 e. The summed E-state index contributed by atoms with van der Waals surface area (Å²) in [4.78, 5) is 23.3. The van der Waals surface area contributed by atoms with Crippen LogP contribution in [0.3, 0.4) is 0 Å². The number of benzene rings is 2. The molecule has 0 aliphatic rings. The average Bonchev–Trinajstić information content (AvgIpc) is 2.82. The molecule has 9 heteroatoms. The highest BCUT2D eigenvalue weighted by molar-refractivity contribution is 5.80. The third-order valence-electron chi connectivity index (χ3n) is 4.73. The highest BCUT2D eigenvalue weighted by Gasteiger charge is 2.22. The molecular weight excluding hydrogens is 466 g/mol. The van der Waals surface area contributed by atoms with Crippen molar-refractivity contribution < 1.29 is 38.4 Å². The standard InChI is InChI=1S/C27H37NO8/c1-27(2,3)36-26(31)28-12-13-32-14-15-33-16-17-34-18-19-35-23-11-7-10-22(20-23)24(25(29)30)21-8-5-4-6-9-21/h4-11,20,24H,12-19H2,1-3H3,(H,28,31)(H,29,30). The number of amides is 1. The van der Waals surface area contributed by atoms with Gasteiger partial charge < -0.3 is 34.1 Å². The molecule has 9 nitrogen and oxygen atoms in total. The third-order valence-corrected chi connectivity index (χ3v) is 4.73. The average molecular weight is 504 g/mol. The molecule has 0 spiro atoms. The number of carboxylic acids is 1. The fourth-order valence-corrected chi connectivity index (χ4v) is 3.21. The second-order valence-electron chi connectivity index (χ2n) is 8.87. The summed E-state index contributed by atoms with van der Waals surface area (Å²) in [5.41, 5.74) is 0.850. The molecule has 0 bridgehead atoms. The van der Waals surface area contributed by atoms with E-state index in [1.807, 2.05) is 18.2 Å². The van der Waals surface area contributed by atoms with E-state index in [1.54, 1.807) is 57.2 Å². The number of aliphatic carboxylic acids is 1. The number of ether oxygens (including phenoxy) is 5. The Morgan fingerprint density at radius 3 is 2.00 bits per heavy atom. The molecule has 0 fully saturated rings. The predicted octanol–water partition coefficient (Wildman–Crippen LogP) is 3.86. The van der Waals surface area contributed by atoms with Crippen LogP contribution in [0.25, 0.3) is 0 Å². The topological polar surface area (TPSA) is 113 Å². The lowest BCUT2D eigenvalue weighted by atomic mass is 9.91. The summed E-state index contributed by atoms with van der Waals surface area (Å²) in [6, 6.07) is 16.2. The van der Waals surface area contributed by atoms with Gasteiger partial charge in [0.05, 0.1) is 39.6 Å². The van der Waals surface area contributed by atoms with Gasteiger partial charge in [-0.05, 0) is 44.0 Å². The molecule has 2 rings (SSSR count). The van der Waals surface area contributed by atoms with Crippen molar-refractivity contribution in [3.05, 3.63) is 65.7 Å². The van der Waals surface area contributed by atoms with Crippen molar-refractivity contribution in [2.24, 2.45) is 0 Å². The highest BCUT2D eigenvalue weighted by atomic mass is 16.6. The fraction of sp³-hybridized carbons (Fsp3) is 0.481. The van der Waals surface area contributed by atoms with Crippen LogP contribution in [0.5, 0.6) is 5.75 Å². The zero-order chi connectivity index (χ0) is 26.2. The maximum atomic E-state index is 11.9. The second-order valence-corrected chi connectivity index (χ2v) is 8.87. The van der Waals surface area contributed by atoms with E-state index in [4.69, 9.17) is 23.7 Å². The predicted molar refractivity (Wildman–Crippen MR) is 135 cm³/mol. The van der Waals surface area contributed by atoms with Gasteiger partial charge in [-0.25, -0.2) is 4.79 Å². The number of alkyl carbamates (subject to hydrolysis) is 1. The Morgan fingerprint density at radius 1 is 0.806 bits per heavy atom. The number of hydrogen-bond donors (Lipinski definition) is 2. The summed E-state index contributed by atoms with van der Waals surface area (Å²) in [6.45, 7) is 8.54. The quantitative estimate of drug-likeness (QED) is 0.332. The van der Waals surface area contributed by atoms with Gasteiger partial charge in [-0.15, -0.1) is 0 Å². The Hall–Kier alpha value is -3.14. The molecule has 36 heavy (non-hydrogen) atoms. The summed E-state index contributed by atoms with van der Waals surface area (Å²) in [5.74, 6) is -1.08. The molecule has 0 aliphatic carbocycles. The highest BCUT2D eigenvalue weighted by Crippen LogP contribution is 2.27. The Balaban J connectivity index is 1.52. The number of nitrogens with one attached hydrogen (secondary N) is 1. The van der Waals surface area contributed by atoms with Gasteiger partial charge in [0.1, 0.15) is 23.9 Å². The summed E-state index contributed by atoms with van der Waals surface area (Å²) in [6.07, 6.45) is -0.465. The first kappa shape index (κ1) is 29.1. The van der Waals surface area contributed by atoms with Crippen LogP contribution < -0.4 is 10.1 Å². The van der Waals surface area contributed by atoms with Crippen LogP contribution in [0, 0.1) is 0 Å². The molecule has 198 valence electrons. The normalized spacial score (nSPS) is 12.1. The van der Waals surface area contributed by atoms with Crippen molar-refractivity contribution in [2.75, 3.05) is 52.8 Å². The second kappa shape index (κ2) is 15.8. The van der Waals surface area contributed by atoms with Gasteiger partial charge in [0, 0.05) is 6.54 Å². The van der Waals surface area contributed by atoms with E-state index in [2.05, 4.69) is 5.32 Å². The van der Waals surface area contributed by atoms with Crippen LogP contribution >= 0.6 is 0 Å². The fourth-order valence-electron chi connectivity index (χ4n) is 3.21. The lowest BCUT2D eigenvalue weighted by molar-refractivity contribution is -0.137. The number of hydrogen-bond acceptors (Lipinski definition) is 7. The molecule has 0 saturated heterocycles. The minimum Gasteiger partial charge on any atom is -0.491 e. The minimum absolute atomic E-state index is 0.334. The molecule has 1 unspecified atom stereocenters. The van der Waals surface area contributed by atoms with Gasteiger partial charge >= 0.3 is 12.1 Å². The monoisotopic (exact) mass is 503 g/mol. The molecular formula is C27H37NO8. The molecule has 0 saturated carbocycles. The van der Waals surface area contributed by atoms with Crippen LogP contribution in [0.2, 0.25) is 0 Å². The van der Waals surface area contributed by atoms with Crippen molar-refractivity contribution in [1.29, 1.82) is 0 Å². The van der Waals surface area contributed by atoms with E-state index in [0.717, 1.165) is 0 Å². The SMILES string of the molecule is CC(C)(C)OC(=O)NCCOCCOCCOCCOc1cccc(C(C(=O)O)c2ccccc2)c1. The molecule has 1 atom stereocenters. The zero-order valence-electron chi connectivity index (χ0n) is 21.2. The van der Waals surface area contributed by atoms with Crippen LogP contribution in [-0.4, -0.2) is 75.6 Å². The van der Waals surface area contributed by atoms with Crippen molar-refractivity contribution in [3.63, 3.8) is 0 Å². The van der Waals surface area contributed by atoms with E-state index in [0.29, 0.717) is 69.7 Å². The van der Waals surface area contributed by atoms with Gasteiger partial charge in [0.25, 0.3) is 0 Å². The lowest BCUT2D eigenvalue weighted by Gasteiger charge is -2.19. The number of carbonyl (C=O) groups excluding carboxylic acids is 1. The number of rotatable bonds is 16. The van der Waals surface area contributed by atoms with Gasteiger partial charge in [-0.3, -0.25) is 4.79 Å². The van der Waals surface area contributed by atoms with Crippen LogP contribution in [-0.2, 0) is 23.7 Å². The summed E-state index contributed by atoms with van der Waals surface area (Å²) >= 11 is 0. The maximum absolute atomic E-state index is 11.9. The largest absolute Gasteiger partial charge is 0.491 e. The molecule has 2 aromatic carbocycles. The molecule has 0 aliphatic heterocycles. The Labute approximate surface area is 212 Å². The van der Waals surface area contributed by atoms with E-state index in [1.165, 1.54) is 0 Å². The first-order valence-corrected chi connectivity index (χ1v) is 12.0. The Bertz CT molecular complexity index is 913. The minimum atomic E-state index is -0.912. The first-order chi connectivity index (χ1) is 17.3. The van der Waals surface area contributed by atoms with Gasteiger partial charge in [0.2, 0.25) is 0 Å². The first-order valence-electron chi connectivity index (χ1n) is 12.0. The van der Waals surface area contributed by atoms with E-state index in [-0.39, 0.29) is 0 Å². The van der Waals surface area contributed by atoms with E-state index in [9.17, 15) is 14.7 Å². The Kier molecular flexibility index (Phi) is 12.7. The Morgan fingerprint density at radius 2 is 1.39 bits per heavy atom. The molecule has 2 aromatic rings. The van der Waals surface area contributed by atoms with Gasteiger partial charge in [0.15, 0.2) is 0 Å². The molecule has 1 amide bonds.